The average Bonchev–Trinajstić information content (AvgIpc) is 3.45. The first-order chi connectivity index (χ1) is 13.5. The molecule has 0 aromatic heterocycles. The van der Waals surface area contributed by atoms with E-state index in [1.807, 2.05) is 0 Å². The minimum Gasteiger partial charge on any atom is -0.393 e. The topological polar surface area (TPSA) is 105 Å². The maximum atomic E-state index is 11.9. The van der Waals surface area contributed by atoms with Crippen LogP contribution in [0.25, 0.3) is 0 Å². The number of hydrogen-bond donors (Lipinski definition) is 0. The van der Waals surface area contributed by atoms with Crippen LogP contribution < -0.4 is 0 Å². The lowest BCUT2D eigenvalue weighted by molar-refractivity contribution is -0.156. The average molecular weight is 390 g/mol. The molecule has 0 amide bonds. The predicted molar refractivity (Wildman–Crippen MR) is 88.1 cm³/mol. The van der Waals surface area contributed by atoms with E-state index in [2.05, 4.69) is 0 Å². The molecule has 0 spiro atoms. The summed E-state index contributed by atoms with van der Waals surface area (Å²) in [6, 6.07) is 0. The van der Waals surface area contributed by atoms with E-state index in [9.17, 15) is 19.2 Å². The molecule has 28 heavy (non-hydrogen) atoms. The summed E-state index contributed by atoms with van der Waals surface area (Å²) in [6.07, 6.45) is 3.24. The molecule has 4 aliphatic carbocycles. The van der Waals surface area contributed by atoms with E-state index in [4.69, 9.17) is 18.9 Å². The molecule has 2 heterocycles. The molecule has 4 bridgehead atoms. The van der Waals surface area contributed by atoms with Gasteiger partial charge in [-0.05, 0) is 49.4 Å². The molecular weight excluding hydrogens is 368 g/mol. The summed E-state index contributed by atoms with van der Waals surface area (Å²) in [5.41, 5.74) is 0. The van der Waals surface area contributed by atoms with E-state index in [1.165, 1.54) is 0 Å². The van der Waals surface area contributed by atoms with Gasteiger partial charge in [-0.25, -0.2) is 0 Å². The highest BCUT2D eigenvalue weighted by Gasteiger charge is 2.64. The zero-order valence-corrected chi connectivity index (χ0v) is 15.3. The van der Waals surface area contributed by atoms with Gasteiger partial charge in [0.1, 0.15) is 0 Å². The number of esters is 4. The van der Waals surface area contributed by atoms with Gasteiger partial charge in [0, 0.05) is 0 Å². The van der Waals surface area contributed by atoms with Gasteiger partial charge in [-0.2, -0.15) is 0 Å². The number of carbonyl (C=O) groups excluding carboxylic acids is 4. The fourth-order valence-electron chi connectivity index (χ4n) is 7.18. The Labute approximate surface area is 161 Å². The van der Waals surface area contributed by atoms with Crippen LogP contribution in [-0.4, -0.2) is 49.3 Å². The third-order valence-electron chi connectivity index (χ3n) is 8.13. The molecule has 6 rings (SSSR count). The summed E-state index contributed by atoms with van der Waals surface area (Å²) in [7, 11) is 0. The Balaban J connectivity index is 1.01. The molecule has 6 fully saturated rings. The van der Waals surface area contributed by atoms with E-state index >= 15 is 0 Å². The quantitative estimate of drug-likeness (QED) is 0.379. The summed E-state index contributed by atoms with van der Waals surface area (Å²) >= 11 is 0. The number of cyclic esters (lactones) is 4. The number of ether oxygens (including phenoxy) is 4. The van der Waals surface area contributed by atoms with Crippen LogP contribution in [0.5, 0.6) is 0 Å². The van der Waals surface area contributed by atoms with Crippen molar-refractivity contribution in [2.75, 3.05) is 13.2 Å². The van der Waals surface area contributed by atoms with E-state index in [0.29, 0.717) is 13.2 Å². The first-order valence-corrected chi connectivity index (χ1v) is 10.3. The van der Waals surface area contributed by atoms with Crippen LogP contribution >= 0.6 is 0 Å². The van der Waals surface area contributed by atoms with Gasteiger partial charge in [0.25, 0.3) is 0 Å². The third kappa shape index (κ3) is 2.19. The summed E-state index contributed by atoms with van der Waals surface area (Å²) < 4.78 is 21.6. The van der Waals surface area contributed by atoms with Crippen LogP contribution in [0.3, 0.4) is 0 Å². The number of carbonyl (C=O) groups is 4. The summed E-state index contributed by atoms with van der Waals surface area (Å²) in [5, 5.41) is 0. The number of rotatable bonds is 5. The Kier molecular flexibility index (Phi) is 3.57. The van der Waals surface area contributed by atoms with E-state index in [-0.39, 0.29) is 83.4 Å². The molecule has 6 unspecified atom stereocenters. The second-order valence-electron chi connectivity index (χ2n) is 9.19. The molecule has 0 aromatic rings. The standard InChI is InChI=1S/C20H22O8/c21-17-13-7-3-9(15(13)19(23)27-17)11(5-7)25-1-2-26-12-6-8-4-10(12)16-14(8)18(22)28-20(16)24/h7-16H,1-6H2/t7-,8+,9+,10-,11?,12?,13?,14?,15?,16?. The number of hydrogen-bond acceptors (Lipinski definition) is 8. The largest absolute Gasteiger partial charge is 0.393 e. The molecule has 2 aliphatic heterocycles. The summed E-state index contributed by atoms with van der Waals surface area (Å²) in [4.78, 5) is 47.5. The molecule has 0 N–H and O–H groups in total. The zero-order chi connectivity index (χ0) is 19.2. The van der Waals surface area contributed by atoms with Crippen molar-refractivity contribution in [3.8, 4) is 0 Å². The van der Waals surface area contributed by atoms with Crippen molar-refractivity contribution in [2.45, 2.75) is 37.9 Å². The molecule has 10 atom stereocenters. The number of fused-ring (bicyclic) bond motifs is 10. The van der Waals surface area contributed by atoms with Gasteiger partial charge < -0.3 is 18.9 Å². The van der Waals surface area contributed by atoms with E-state index in [1.54, 1.807) is 0 Å². The molecule has 0 radical (unpaired) electrons. The predicted octanol–water partition coefficient (Wildman–Crippen LogP) is 0.468. The van der Waals surface area contributed by atoms with E-state index < -0.39 is 0 Å². The van der Waals surface area contributed by atoms with Crippen LogP contribution in [0.1, 0.15) is 25.7 Å². The zero-order valence-electron chi connectivity index (χ0n) is 15.3. The molecule has 4 saturated carbocycles. The van der Waals surface area contributed by atoms with Crippen LogP contribution in [-0.2, 0) is 38.1 Å². The fraction of sp³-hybridized carbons (Fsp3) is 0.800. The highest BCUT2D eigenvalue weighted by molar-refractivity contribution is 5.98. The Morgan fingerprint density at radius 1 is 0.607 bits per heavy atom. The SMILES string of the molecule is O=C1OC(=O)C2C1[C@@H]1CC(OCCOC3C[C@H]4C[C@@H]3C3C(=O)OC(=O)C34)[C@H]2C1. The third-order valence-corrected chi connectivity index (χ3v) is 8.13. The molecular formula is C20H22O8. The lowest BCUT2D eigenvalue weighted by atomic mass is 9.79. The Morgan fingerprint density at radius 2 is 1.00 bits per heavy atom. The minimum absolute atomic E-state index is 0.0276. The maximum Gasteiger partial charge on any atom is 0.317 e. The van der Waals surface area contributed by atoms with Crippen LogP contribution in [0.4, 0.5) is 0 Å². The lowest BCUT2D eigenvalue weighted by Gasteiger charge is -2.29. The van der Waals surface area contributed by atoms with Crippen molar-refractivity contribution in [3.63, 3.8) is 0 Å². The second kappa shape index (κ2) is 5.86. The molecule has 2 saturated heterocycles. The highest BCUT2D eigenvalue weighted by Crippen LogP contribution is 2.57. The van der Waals surface area contributed by atoms with Crippen molar-refractivity contribution >= 4 is 23.9 Å². The minimum atomic E-state index is -0.387. The van der Waals surface area contributed by atoms with Gasteiger partial charge in [-0.15, -0.1) is 0 Å². The summed E-state index contributed by atoms with van der Waals surface area (Å²) in [5.74, 6) is -2.16. The monoisotopic (exact) mass is 390 g/mol. The molecule has 0 aromatic carbocycles. The van der Waals surface area contributed by atoms with Crippen molar-refractivity contribution < 1.29 is 38.1 Å². The normalized spacial score (nSPS) is 50.3. The van der Waals surface area contributed by atoms with Crippen LogP contribution in [0.15, 0.2) is 0 Å². The molecule has 150 valence electrons. The molecule has 8 heteroatoms. The lowest BCUT2D eigenvalue weighted by Crippen LogP contribution is -2.37. The van der Waals surface area contributed by atoms with Crippen LogP contribution in [0, 0.1) is 47.3 Å². The molecule has 8 nitrogen and oxygen atoms in total. The van der Waals surface area contributed by atoms with Gasteiger partial charge in [0.2, 0.25) is 0 Å². The van der Waals surface area contributed by atoms with Gasteiger partial charge in [0.05, 0.1) is 49.1 Å². The first kappa shape index (κ1) is 17.1. The Hall–Kier alpha value is -1.80. The Morgan fingerprint density at radius 3 is 1.43 bits per heavy atom. The van der Waals surface area contributed by atoms with Gasteiger partial charge in [-0.3, -0.25) is 19.2 Å². The maximum absolute atomic E-state index is 11.9. The van der Waals surface area contributed by atoms with Gasteiger partial charge >= 0.3 is 23.9 Å². The van der Waals surface area contributed by atoms with Crippen molar-refractivity contribution in [3.05, 3.63) is 0 Å². The fourth-order valence-corrected chi connectivity index (χ4v) is 7.18. The van der Waals surface area contributed by atoms with Crippen LogP contribution in [0.2, 0.25) is 0 Å². The van der Waals surface area contributed by atoms with Crippen molar-refractivity contribution in [1.29, 1.82) is 0 Å². The Bertz CT molecular complexity index is 712. The van der Waals surface area contributed by atoms with Crippen molar-refractivity contribution in [1.82, 2.24) is 0 Å². The molecule has 6 aliphatic rings. The van der Waals surface area contributed by atoms with E-state index in [0.717, 1.165) is 25.7 Å². The smallest absolute Gasteiger partial charge is 0.317 e. The highest BCUT2D eigenvalue weighted by atomic mass is 16.6. The second-order valence-corrected chi connectivity index (χ2v) is 9.19. The van der Waals surface area contributed by atoms with Gasteiger partial charge in [0.15, 0.2) is 0 Å². The van der Waals surface area contributed by atoms with Crippen molar-refractivity contribution in [2.24, 2.45) is 47.3 Å². The first-order valence-electron chi connectivity index (χ1n) is 10.3. The van der Waals surface area contributed by atoms with Gasteiger partial charge in [-0.1, -0.05) is 0 Å². The summed E-state index contributed by atoms with van der Waals surface area (Å²) in [6.45, 7) is 0.833.